The van der Waals surface area contributed by atoms with Crippen LogP contribution < -0.4 is 10.1 Å². The third-order valence-corrected chi connectivity index (χ3v) is 6.51. The third kappa shape index (κ3) is 4.93. The summed E-state index contributed by atoms with van der Waals surface area (Å²) in [6, 6.07) is 7.31. The van der Waals surface area contributed by atoms with Crippen molar-refractivity contribution in [3.8, 4) is 11.6 Å². The number of ether oxygens (including phenoxy) is 1. The highest BCUT2D eigenvalue weighted by Crippen LogP contribution is 2.49. The minimum atomic E-state index is -4.98. The number of alkyl halides is 3. The number of nitrogens with one attached hydrogen (secondary N) is 1. The van der Waals surface area contributed by atoms with Crippen molar-refractivity contribution in [3.05, 3.63) is 70.4 Å². The van der Waals surface area contributed by atoms with Gasteiger partial charge < -0.3 is 14.6 Å². The summed E-state index contributed by atoms with van der Waals surface area (Å²) in [7, 11) is 0. The minimum absolute atomic E-state index is 0.0586. The van der Waals surface area contributed by atoms with Crippen molar-refractivity contribution in [2.45, 2.75) is 43.2 Å². The number of carbonyl (C=O) groups is 1. The Kier molecular flexibility index (Phi) is 6.56. The molecule has 1 N–H and O–H groups in total. The highest BCUT2D eigenvalue weighted by molar-refractivity contribution is 7.79. The van der Waals surface area contributed by atoms with Crippen LogP contribution in [0, 0.1) is 18.6 Å². The Labute approximate surface area is 204 Å². The van der Waals surface area contributed by atoms with Crippen molar-refractivity contribution in [3.63, 3.8) is 0 Å². The normalized spacial score (nSPS) is 15.3. The summed E-state index contributed by atoms with van der Waals surface area (Å²) in [5.74, 6) is -5.23. The zero-order valence-electron chi connectivity index (χ0n) is 18.7. The van der Waals surface area contributed by atoms with E-state index in [0.29, 0.717) is 12.8 Å². The Balaban J connectivity index is 1.75. The molecule has 7 nitrogen and oxygen atoms in total. The fraction of sp³-hybridized carbons (Fsp3) is 0.261. The first-order valence-corrected chi connectivity index (χ1v) is 11.5. The van der Waals surface area contributed by atoms with Crippen LogP contribution in [0.5, 0.6) is 11.6 Å². The van der Waals surface area contributed by atoms with Crippen molar-refractivity contribution in [1.82, 2.24) is 10.2 Å². The van der Waals surface area contributed by atoms with Crippen LogP contribution in [0.15, 0.2) is 41.3 Å². The number of anilines is 1. The van der Waals surface area contributed by atoms with Gasteiger partial charge in [-0.25, -0.2) is 4.39 Å². The average Bonchev–Trinajstić information content (AvgIpc) is 3.54. The molecule has 4 rings (SSSR count). The second-order valence-electron chi connectivity index (χ2n) is 8.47. The predicted molar refractivity (Wildman–Crippen MR) is 116 cm³/mol. The van der Waals surface area contributed by atoms with Crippen LogP contribution in [0.1, 0.15) is 46.9 Å². The third-order valence-electron chi connectivity index (χ3n) is 5.87. The summed E-state index contributed by atoms with van der Waals surface area (Å²) in [5, 5.41) is 8.66. The summed E-state index contributed by atoms with van der Waals surface area (Å²) in [6.07, 6.45) is -3.65. The molecule has 1 saturated carbocycles. The summed E-state index contributed by atoms with van der Waals surface area (Å²) in [4.78, 5) is 12.8. The fourth-order valence-electron chi connectivity index (χ4n) is 3.62. The van der Waals surface area contributed by atoms with E-state index in [-0.39, 0.29) is 16.1 Å². The van der Waals surface area contributed by atoms with E-state index in [0.717, 1.165) is 19.1 Å². The molecule has 1 aromatic heterocycles. The molecular formula is C23H17F5N3O4S-. The molecule has 13 heteroatoms. The Morgan fingerprint density at radius 2 is 1.83 bits per heavy atom. The van der Waals surface area contributed by atoms with E-state index in [4.69, 9.17) is 4.74 Å². The maximum atomic E-state index is 14.8. The van der Waals surface area contributed by atoms with Crippen LogP contribution in [0.25, 0.3) is 0 Å². The van der Waals surface area contributed by atoms with E-state index in [9.17, 15) is 35.5 Å². The van der Waals surface area contributed by atoms with Crippen LogP contribution in [0.2, 0.25) is 0 Å². The smallest absolute Gasteiger partial charge is 0.435 e. The molecule has 1 fully saturated rings. The van der Waals surface area contributed by atoms with E-state index in [1.165, 1.54) is 24.3 Å². The zero-order chi connectivity index (χ0) is 26.4. The lowest BCUT2D eigenvalue weighted by molar-refractivity contribution is -0.142. The SMILES string of the molecule is Cc1c(C(F)(F)F)nnc(Oc2ccc(C3(C)CC3)c(F)c2F)c1C(=O)Nc1cccc(S(=O)[O-])c1. The molecule has 0 aliphatic heterocycles. The summed E-state index contributed by atoms with van der Waals surface area (Å²) < 4.78 is 97.4. The van der Waals surface area contributed by atoms with Gasteiger partial charge in [0.2, 0.25) is 5.82 Å². The maximum Gasteiger partial charge on any atom is 0.435 e. The lowest BCUT2D eigenvalue weighted by Gasteiger charge is -2.17. The first-order valence-electron chi connectivity index (χ1n) is 10.4. The molecule has 0 bridgehead atoms. The largest absolute Gasteiger partial charge is 0.768 e. The summed E-state index contributed by atoms with van der Waals surface area (Å²) in [5.41, 5.74) is -3.35. The topological polar surface area (TPSA) is 104 Å². The molecule has 1 aliphatic rings. The molecule has 1 heterocycles. The molecule has 36 heavy (non-hydrogen) atoms. The van der Waals surface area contributed by atoms with Crippen molar-refractivity contribution in [2.24, 2.45) is 0 Å². The molecule has 1 atom stereocenters. The van der Waals surface area contributed by atoms with Crippen molar-refractivity contribution >= 4 is 22.7 Å². The molecule has 0 spiro atoms. The van der Waals surface area contributed by atoms with Gasteiger partial charge in [-0.05, 0) is 71.7 Å². The number of hydrogen-bond acceptors (Lipinski definition) is 6. The monoisotopic (exact) mass is 526 g/mol. The van der Waals surface area contributed by atoms with Crippen LogP contribution >= 0.6 is 0 Å². The van der Waals surface area contributed by atoms with E-state index >= 15 is 0 Å². The molecule has 3 aromatic rings. The van der Waals surface area contributed by atoms with Crippen LogP contribution in [0.3, 0.4) is 0 Å². The maximum absolute atomic E-state index is 14.8. The van der Waals surface area contributed by atoms with Crippen LogP contribution in [-0.2, 0) is 22.7 Å². The van der Waals surface area contributed by atoms with Crippen molar-refractivity contribution in [1.29, 1.82) is 0 Å². The molecule has 2 aromatic carbocycles. The Hall–Kier alpha value is -3.45. The standard InChI is InChI=1S/C23H18F5N3O4S/c1-11-16(20(32)29-12-4-3-5-13(10-12)36(33)34)21(31-30-19(11)23(26,27)28)35-15-7-6-14(17(24)18(15)25)22(2)8-9-22/h3-7,10H,8-9H2,1-2H3,(H,29,32)(H,33,34)/p-1. The van der Waals surface area contributed by atoms with Gasteiger partial charge in [0.25, 0.3) is 11.8 Å². The number of rotatable bonds is 6. The van der Waals surface area contributed by atoms with Gasteiger partial charge in [-0.15, -0.1) is 10.2 Å². The van der Waals surface area contributed by atoms with Gasteiger partial charge >= 0.3 is 6.18 Å². The Morgan fingerprint density at radius 3 is 2.44 bits per heavy atom. The van der Waals surface area contributed by atoms with Gasteiger partial charge in [0.05, 0.1) is 0 Å². The number of nitrogens with zero attached hydrogens (tertiary/aromatic N) is 2. The highest BCUT2D eigenvalue weighted by Gasteiger charge is 2.42. The van der Waals surface area contributed by atoms with Gasteiger partial charge in [-0.3, -0.25) is 9.00 Å². The second kappa shape index (κ2) is 9.21. The zero-order valence-corrected chi connectivity index (χ0v) is 19.5. The number of carbonyl (C=O) groups excluding carboxylic acids is 1. The van der Waals surface area contributed by atoms with E-state index in [2.05, 4.69) is 15.5 Å². The number of hydrogen-bond donors (Lipinski definition) is 1. The molecule has 1 amide bonds. The molecule has 0 saturated heterocycles. The first kappa shape index (κ1) is 25.6. The molecule has 0 radical (unpaired) electrons. The van der Waals surface area contributed by atoms with Crippen molar-refractivity contribution in [2.75, 3.05) is 5.32 Å². The number of amides is 1. The molecular weight excluding hydrogens is 509 g/mol. The molecule has 190 valence electrons. The molecule has 1 unspecified atom stereocenters. The lowest BCUT2D eigenvalue weighted by Crippen LogP contribution is -2.21. The Bertz CT molecular complexity index is 1390. The van der Waals surface area contributed by atoms with Gasteiger partial charge in [0.15, 0.2) is 17.3 Å². The minimum Gasteiger partial charge on any atom is -0.768 e. The van der Waals surface area contributed by atoms with Crippen LogP contribution in [0.4, 0.5) is 27.6 Å². The number of halogens is 5. The quantitative estimate of drug-likeness (QED) is 0.340. The first-order chi connectivity index (χ1) is 16.8. The summed E-state index contributed by atoms with van der Waals surface area (Å²) >= 11 is -2.63. The van der Waals surface area contributed by atoms with E-state index in [1.807, 2.05) is 0 Å². The van der Waals surface area contributed by atoms with Gasteiger partial charge in [-0.1, -0.05) is 19.1 Å². The van der Waals surface area contributed by atoms with Crippen LogP contribution in [-0.4, -0.2) is 24.9 Å². The Morgan fingerprint density at radius 1 is 1.14 bits per heavy atom. The lowest BCUT2D eigenvalue weighted by atomic mass is 9.97. The fourth-order valence-corrected chi connectivity index (χ4v) is 4.03. The molecule has 1 aliphatic carbocycles. The van der Waals surface area contributed by atoms with Crippen molar-refractivity contribution < 1.29 is 40.2 Å². The number of aromatic nitrogens is 2. The van der Waals surface area contributed by atoms with Gasteiger partial charge in [0.1, 0.15) is 5.56 Å². The van der Waals surface area contributed by atoms with E-state index in [1.54, 1.807) is 6.92 Å². The van der Waals surface area contributed by atoms with E-state index < -0.39 is 68.7 Å². The number of benzene rings is 2. The van der Waals surface area contributed by atoms with Gasteiger partial charge in [-0.2, -0.15) is 17.6 Å². The average molecular weight is 526 g/mol. The predicted octanol–water partition coefficient (Wildman–Crippen LogP) is 5.42. The highest BCUT2D eigenvalue weighted by atomic mass is 32.2. The second-order valence-corrected chi connectivity index (χ2v) is 9.41. The van der Waals surface area contributed by atoms with Gasteiger partial charge in [0, 0.05) is 10.6 Å². The summed E-state index contributed by atoms with van der Waals surface area (Å²) in [6.45, 7) is 2.70.